The first-order chi connectivity index (χ1) is 7.48. The van der Waals surface area contributed by atoms with Crippen molar-refractivity contribution in [3.05, 3.63) is 18.2 Å². The highest BCUT2D eigenvalue weighted by Gasteiger charge is 2.18. The molecule has 0 fully saturated rings. The number of rotatable bonds is 5. The summed E-state index contributed by atoms with van der Waals surface area (Å²) in [6.45, 7) is 4.72. The smallest absolute Gasteiger partial charge is 0.121 e. The Morgan fingerprint density at radius 1 is 1.31 bits per heavy atom. The summed E-state index contributed by atoms with van der Waals surface area (Å²) in [6, 6.07) is 5.58. The molecule has 4 nitrogen and oxygen atoms in total. The van der Waals surface area contributed by atoms with Gasteiger partial charge >= 0.3 is 0 Å². The van der Waals surface area contributed by atoms with Crippen LogP contribution in [0.2, 0.25) is 0 Å². The van der Waals surface area contributed by atoms with E-state index in [1.165, 1.54) is 0 Å². The quantitative estimate of drug-likeness (QED) is 0.752. The van der Waals surface area contributed by atoms with Gasteiger partial charge in [0.25, 0.3) is 0 Å². The van der Waals surface area contributed by atoms with Gasteiger partial charge in [-0.3, -0.25) is 0 Å². The van der Waals surface area contributed by atoms with Gasteiger partial charge in [-0.25, -0.2) is 0 Å². The fraction of sp³-hybridized carbons (Fsp3) is 0.500. The maximum absolute atomic E-state index is 5.92. The van der Waals surface area contributed by atoms with Crippen molar-refractivity contribution in [2.24, 2.45) is 0 Å². The van der Waals surface area contributed by atoms with Crippen LogP contribution in [-0.2, 0) is 4.74 Å². The molecule has 0 heterocycles. The van der Waals surface area contributed by atoms with Gasteiger partial charge in [-0.2, -0.15) is 0 Å². The van der Waals surface area contributed by atoms with Gasteiger partial charge in [-0.1, -0.05) is 0 Å². The van der Waals surface area contributed by atoms with Gasteiger partial charge in [-0.15, -0.1) is 0 Å². The Morgan fingerprint density at radius 3 is 2.50 bits per heavy atom. The molecule has 16 heavy (non-hydrogen) atoms. The zero-order valence-electron chi connectivity index (χ0n) is 10.3. The third kappa shape index (κ3) is 3.31. The molecule has 0 bridgehead atoms. The lowest BCUT2D eigenvalue weighted by Gasteiger charge is -2.27. The molecule has 0 aliphatic rings. The zero-order chi connectivity index (χ0) is 12.2. The van der Waals surface area contributed by atoms with E-state index in [1.807, 2.05) is 12.1 Å². The Kier molecular flexibility index (Phi) is 4.01. The number of anilines is 2. The van der Waals surface area contributed by atoms with Gasteiger partial charge in [0.1, 0.15) is 5.75 Å². The van der Waals surface area contributed by atoms with Crippen molar-refractivity contribution in [2.75, 3.05) is 31.9 Å². The lowest BCUT2D eigenvalue weighted by atomic mass is 10.1. The first-order valence-electron chi connectivity index (χ1n) is 5.19. The van der Waals surface area contributed by atoms with Gasteiger partial charge in [0.05, 0.1) is 30.6 Å². The Hall–Kier alpha value is -1.42. The molecule has 0 saturated heterocycles. The van der Waals surface area contributed by atoms with E-state index in [0.29, 0.717) is 12.3 Å². The topological polar surface area (TPSA) is 56.5 Å². The normalized spacial score (nSPS) is 11.2. The van der Waals surface area contributed by atoms with Crippen LogP contribution in [0.25, 0.3) is 0 Å². The maximum Gasteiger partial charge on any atom is 0.121 e. The van der Waals surface area contributed by atoms with Gasteiger partial charge in [-0.05, 0) is 26.0 Å². The Labute approximate surface area is 96.7 Å². The van der Waals surface area contributed by atoms with Crippen LogP contribution >= 0.6 is 0 Å². The molecule has 0 aromatic heterocycles. The molecule has 3 N–H and O–H groups in total. The van der Waals surface area contributed by atoms with Crippen LogP contribution in [0.5, 0.6) is 5.75 Å². The van der Waals surface area contributed by atoms with Crippen LogP contribution in [0.3, 0.4) is 0 Å². The molecule has 0 aliphatic carbocycles. The van der Waals surface area contributed by atoms with Gasteiger partial charge in [0, 0.05) is 13.2 Å². The number of methoxy groups -OCH3 is 2. The highest BCUT2D eigenvalue weighted by Crippen LogP contribution is 2.26. The van der Waals surface area contributed by atoms with Gasteiger partial charge in [0.2, 0.25) is 0 Å². The van der Waals surface area contributed by atoms with Gasteiger partial charge < -0.3 is 20.5 Å². The Balaban J connectivity index is 2.81. The van der Waals surface area contributed by atoms with E-state index in [0.717, 1.165) is 11.4 Å². The minimum absolute atomic E-state index is 0.155. The van der Waals surface area contributed by atoms with E-state index >= 15 is 0 Å². The predicted octanol–water partition coefficient (Wildman–Crippen LogP) is 2.11. The average molecular weight is 224 g/mol. The fourth-order valence-electron chi connectivity index (χ4n) is 1.54. The molecule has 90 valence electrons. The van der Waals surface area contributed by atoms with Crippen molar-refractivity contribution >= 4 is 11.4 Å². The van der Waals surface area contributed by atoms with Crippen molar-refractivity contribution in [3.63, 3.8) is 0 Å². The fourth-order valence-corrected chi connectivity index (χ4v) is 1.54. The third-order valence-electron chi connectivity index (χ3n) is 2.24. The molecule has 0 unspecified atom stereocenters. The van der Waals surface area contributed by atoms with Crippen molar-refractivity contribution in [2.45, 2.75) is 19.4 Å². The lowest BCUT2D eigenvalue weighted by molar-refractivity contribution is 0.158. The van der Waals surface area contributed by atoms with Crippen LogP contribution in [0.1, 0.15) is 13.8 Å². The number of nitrogen functional groups attached to an aromatic ring is 1. The summed E-state index contributed by atoms with van der Waals surface area (Å²) >= 11 is 0. The molecular formula is C12H20N2O2. The molecular weight excluding hydrogens is 204 g/mol. The van der Waals surface area contributed by atoms with Crippen LogP contribution in [0, 0.1) is 0 Å². The third-order valence-corrected chi connectivity index (χ3v) is 2.24. The second kappa shape index (κ2) is 5.07. The van der Waals surface area contributed by atoms with Crippen molar-refractivity contribution in [1.82, 2.24) is 0 Å². The van der Waals surface area contributed by atoms with E-state index in [4.69, 9.17) is 15.2 Å². The maximum atomic E-state index is 5.92. The van der Waals surface area contributed by atoms with E-state index in [9.17, 15) is 0 Å². The highest BCUT2D eigenvalue weighted by atomic mass is 16.5. The molecule has 0 amide bonds. The summed E-state index contributed by atoms with van der Waals surface area (Å²) in [5.74, 6) is 0.757. The SMILES string of the molecule is COCC(C)(C)Nc1ccc(OC)cc1N. The average Bonchev–Trinajstić information content (AvgIpc) is 2.20. The molecule has 0 saturated carbocycles. The van der Waals surface area contributed by atoms with E-state index in [1.54, 1.807) is 20.3 Å². The highest BCUT2D eigenvalue weighted by molar-refractivity contribution is 5.68. The summed E-state index contributed by atoms with van der Waals surface area (Å²) in [4.78, 5) is 0. The number of hydrogen-bond donors (Lipinski definition) is 2. The molecule has 0 spiro atoms. The summed E-state index contributed by atoms with van der Waals surface area (Å²) in [6.07, 6.45) is 0. The predicted molar refractivity (Wildman–Crippen MR) is 67.0 cm³/mol. The van der Waals surface area contributed by atoms with Crippen LogP contribution < -0.4 is 15.8 Å². The van der Waals surface area contributed by atoms with Gasteiger partial charge in [0.15, 0.2) is 0 Å². The van der Waals surface area contributed by atoms with Crippen molar-refractivity contribution < 1.29 is 9.47 Å². The molecule has 0 aliphatic heterocycles. The van der Waals surface area contributed by atoms with Crippen LogP contribution in [-0.4, -0.2) is 26.4 Å². The first kappa shape index (κ1) is 12.6. The number of hydrogen-bond acceptors (Lipinski definition) is 4. The minimum atomic E-state index is -0.155. The number of nitrogens with two attached hydrogens (primary N) is 1. The van der Waals surface area contributed by atoms with E-state index in [-0.39, 0.29) is 5.54 Å². The Morgan fingerprint density at radius 2 is 2.00 bits per heavy atom. The molecule has 0 radical (unpaired) electrons. The monoisotopic (exact) mass is 224 g/mol. The summed E-state index contributed by atoms with van der Waals surface area (Å²) in [5, 5.41) is 3.33. The van der Waals surface area contributed by atoms with Crippen LogP contribution in [0.4, 0.5) is 11.4 Å². The molecule has 1 rings (SSSR count). The molecule has 1 aromatic rings. The molecule has 4 heteroatoms. The van der Waals surface area contributed by atoms with Crippen LogP contribution in [0.15, 0.2) is 18.2 Å². The largest absolute Gasteiger partial charge is 0.497 e. The lowest BCUT2D eigenvalue weighted by Crippen LogP contribution is -2.36. The zero-order valence-corrected chi connectivity index (χ0v) is 10.3. The second-order valence-corrected chi connectivity index (χ2v) is 4.40. The van der Waals surface area contributed by atoms with E-state index < -0.39 is 0 Å². The Bertz CT molecular complexity index is 351. The standard InChI is InChI=1S/C12H20N2O2/c1-12(2,8-15-3)14-11-6-5-9(16-4)7-10(11)13/h5-7,14H,8,13H2,1-4H3. The van der Waals surface area contributed by atoms with E-state index in [2.05, 4.69) is 19.2 Å². The number of ether oxygens (including phenoxy) is 2. The van der Waals surface area contributed by atoms with Crippen molar-refractivity contribution in [1.29, 1.82) is 0 Å². The minimum Gasteiger partial charge on any atom is -0.497 e. The molecule has 1 aromatic carbocycles. The number of benzene rings is 1. The summed E-state index contributed by atoms with van der Waals surface area (Å²) in [7, 11) is 3.30. The van der Waals surface area contributed by atoms with Crippen molar-refractivity contribution in [3.8, 4) is 5.75 Å². The number of nitrogens with one attached hydrogen (secondary N) is 1. The summed E-state index contributed by atoms with van der Waals surface area (Å²) in [5.41, 5.74) is 7.32. The summed E-state index contributed by atoms with van der Waals surface area (Å²) < 4.78 is 10.2. The molecule has 0 atom stereocenters. The first-order valence-corrected chi connectivity index (χ1v) is 5.19. The second-order valence-electron chi connectivity index (χ2n) is 4.40.